The quantitative estimate of drug-likeness (QED) is 0.855. The van der Waals surface area contributed by atoms with Crippen LogP contribution in [0, 0.1) is 6.92 Å². The van der Waals surface area contributed by atoms with Crippen molar-refractivity contribution in [3.05, 3.63) is 28.2 Å². The maximum absolute atomic E-state index is 12.2. The monoisotopic (exact) mass is 351 g/mol. The minimum absolute atomic E-state index is 0.0548. The van der Waals surface area contributed by atoms with E-state index < -0.39 is 10.0 Å². The van der Waals surface area contributed by atoms with Crippen molar-refractivity contribution in [1.29, 1.82) is 0 Å². The van der Waals surface area contributed by atoms with Gasteiger partial charge in [-0.3, -0.25) is 0 Å². The van der Waals surface area contributed by atoms with Crippen molar-refractivity contribution >= 4 is 37.7 Å². The van der Waals surface area contributed by atoms with Crippen LogP contribution < -0.4 is 4.72 Å². The number of hydrogen-bond donors (Lipinski definition) is 1. The topological polar surface area (TPSA) is 46.2 Å². The summed E-state index contributed by atoms with van der Waals surface area (Å²) in [6.07, 6.45) is 2.84. The summed E-state index contributed by atoms with van der Waals surface area (Å²) in [5, 5.41) is 0. The van der Waals surface area contributed by atoms with Gasteiger partial charge in [-0.25, -0.2) is 13.1 Å². The van der Waals surface area contributed by atoms with E-state index in [4.69, 9.17) is 0 Å². The first-order valence-electron chi connectivity index (χ1n) is 5.64. The standard InChI is InChI=1S/C12H18BrNO2S2/c1-9-4-5-11(13)8-12(9)18(15,16)14-10(2)6-7-17-3/h4-5,8,10,14H,6-7H2,1-3H3. The fraction of sp³-hybridized carbons (Fsp3) is 0.500. The van der Waals surface area contributed by atoms with Crippen LogP contribution in [0.3, 0.4) is 0 Å². The number of sulfonamides is 1. The van der Waals surface area contributed by atoms with Crippen LogP contribution in [0.15, 0.2) is 27.6 Å². The van der Waals surface area contributed by atoms with Crippen molar-refractivity contribution < 1.29 is 8.42 Å². The number of hydrogen-bond acceptors (Lipinski definition) is 3. The molecule has 0 aliphatic carbocycles. The molecular weight excluding hydrogens is 334 g/mol. The Balaban J connectivity index is 2.89. The van der Waals surface area contributed by atoms with E-state index in [2.05, 4.69) is 20.7 Å². The molecule has 0 aromatic heterocycles. The Labute approximate surface area is 122 Å². The highest BCUT2D eigenvalue weighted by Crippen LogP contribution is 2.21. The molecule has 0 radical (unpaired) electrons. The third-order valence-electron chi connectivity index (χ3n) is 2.55. The zero-order valence-electron chi connectivity index (χ0n) is 10.7. The highest BCUT2D eigenvalue weighted by molar-refractivity contribution is 9.10. The SMILES string of the molecule is CSCCC(C)NS(=O)(=O)c1cc(Br)ccc1C. The van der Waals surface area contributed by atoms with Crippen molar-refractivity contribution in [2.24, 2.45) is 0 Å². The van der Waals surface area contributed by atoms with Gasteiger partial charge >= 0.3 is 0 Å². The highest BCUT2D eigenvalue weighted by atomic mass is 79.9. The van der Waals surface area contributed by atoms with Gasteiger partial charge in [0, 0.05) is 10.5 Å². The van der Waals surface area contributed by atoms with Gasteiger partial charge in [0.25, 0.3) is 0 Å². The second kappa shape index (κ2) is 6.93. The lowest BCUT2D eigenvalue weighted by Crippen LogP contribution is -2.33. The molecule has 0 saturated carbocycles. The minimum Gasteiger partial charge on any atom is -0.208 e. The van der Waals surface area contributed by atoms with Gasteiger partial charge < -0.3 is 0 Å². The second-order valence-electron chi connectivity index (χ2n) is 4.21. The molecule has 6 heteroatoms. The van der Waals surface area contributed by atoms with E-state index in [1.165, 1.54) is 0 Å². The summed E-state index contributed by atoms with van der Waals surface area (Å²) >= 11 is 5.02. The van der Waals surface area contributed by atoms with Crippen LogP contribution in [0.1, 0.15) is 18.9 Å². The molecule has 3 nitrogen and oxygen atoms in total. The number of nitrogens with one attached hydrogen (secondary N) is 1. The zero-order chi connectivity index (χ0) is 13.8. The molecule has 0 saturated heterocycles. The average Bonchev–Trinajstić information content (AvgIpc) is 2.29. The van der Waals surface area contributed by atoms with Gasteiger partial charge in [0.05, 0.1) is 4.90 Å². The van der Waals surface area contributed by atoms with Crippen molar-refractivity contribution in [2.45, 2.75) is 31.2 Å². The largest absolute Gasteiger partial charge is 0.241 e. The number of halogens is 1. The van der Waals surface area contributed by atoms with E-state index in [-0.39, 0.29) is 6.04 Å². The van der Waals surface area contributed by atoms with Crippen LogP contribution in [0.5, 0.6) is 0 Å². The van der Waals surface area contributed by atoms with Crippen LogP contribution in [-0.4, -0.2) is 26.5 Å². The first-order chi connectivity index (χ1) is 8.36. The molecule has 0 bridgehead atoms. The summed E-state index contributed by atoms with van der Waals surface area (Å²) < 4.78 is 28.0. The van der Waals surface area contributed by atoms with E-state index in [1.807, 2.05) is 19.2 Å². The molecule has 0 spiro atoms. The van der Waals surface area contributed by atoms with E-state index in [0.29, 0.717) is 4.90 Å². The lowest BCUT2D eigenvalue weighted by molar-refractivity contribution is 0.556. The van der Waals surface area contributed by atoms with Crippen LogP contribution in [0.2, 0.25) is 0 Å². The van der Waals surface area contributed by atoms with Crippen molar-refractivity contribution in [2.75, 3.05) is 12.0 Å². The van der Waals surface area contributed by atoms with Crippen LogP contribution in [0.25, 0.3) is 0 Å². The molecule has 102 valence electrons. The van der Waals surface area contributed by atoms with Crippen molar-refractivity contribution in [3.63, 3.8) is 0 Å². The summed E-state index contributed by atoms with van der Waals surface area (Å²) in [7, 11) is -3.43. The maximum atomic E-state index is 12.2. The third-order valence-corrected chi connectivity index (χ3v) is 5.42. The van der Waals surface area contributed by atoms with Gasteiger partial charge in [0.1, 0.15) is 0 Å². The summed E-state index contributed by atoms with van der Waals surface area (Å²) in [6.45, 7) is 3.69. The molecule has 0 aliphatic heterocycles. The summed E-state index contributed by atoms with van der Waals surface area (Å²) in [5.41, 5.74) is 0.753. The number of aryl methyl sites for hydroxylation is 1. The maximum Gasteiger partial charge on any atom is 0.241 e. The summed E-state index contributed by atoms with van der Waals surface area (Å²) in [4.78, 5) is 0.341. The van der Waals surface area contributed by atoms with E-state index >= 15 is 0 Å². The van der Waals surface area contributed by atoms with Gasteiger partial charge in [-0.05, 0) is 50.0 Å². The Hall–Kier alpha value is -0.0400. The first kappa shape index (κ1) is 16.0. The molecule has 1 aromatic carbocycles. The highest BCUT2D eigenvalue weighted by Gasteiger charge is 2.19. The first-order valence-corrected chi connectivity index (χ1v) is 9.31. The average molecular weight is 352 g/mol. The second-order valence-corrected chi connectivity index (χ2v) is 7.80. The van der Waals surface area contributed by atoms with Gasteiger partial charge in [-0.2, -0.15) is 11.8 Å². The molecule has 1 N–H and O–H groups in total. The lowest BCUT2D eigenvalue weighted by Gasteiger charge is -2.15. The molecular formula is C12H18BrNO2S2. The number of thioether (sulfide) groups is 1. The molecule has 0 heterocycles. The Morgan fingerprint density at radius 2 is 2.11 bits per heavy atom. The minimum atomic E-state index is -3.43. The molecule has 0 amide bonds. The number of rotatable bonds is 6. The van der Waals surface area contributed by atoms with Gasteiger partial charge in [-0.1, -0.05) is 22.0 Å². The fourth-order valence-electron chi connectivity index (χ4n) is 1.55. The van der Waals surface area contributed by atoms with E-state index in [1.54, 1.807) is 30.8 Å². The van der Waals surface area contributed by atoms with E-state index in [0.717, 1.165) is 22.2 Å². The Bertz CT molecular complexity index is 503. The molecule has 0 fully saturated rings. The number of benzene rings is 1. The van der Waals surface area contributed by atoms with Gasteiger partial charge in [0.2, 0.25) is 10.0 Å². The molecule has 1 atom stereocenters. The Morgan fingerprint density at radius 1 is 1.44 bits per heavy atom. The fourth-order valence-corrected chi connectivity index (χ4v) is 4.20. The van der Waals surface area contributed by atoms with Crippen LogP contribution >= 0.6 is 27.7 Å². The van der Waals surface area contributed by atoms with Crippen LogP contribution in [-0.2, 0) is 10.0 Å². The molecule has 1 aromatic rings. The molecule has 18 heavy (non-hydrogen) atoms. The van der Waals surface area contributed by atoms with E-state index in [9.17, 15) is 8.42 Å². The Morgan fingerprint density at radius 3 is 2.72 bits per heavy atom. The Kier molecular flexibility index (Phi) is 6.17. The third kappa shape index (κ3) is 4.57. The zero-order valence-corrected chi connectivity index (χ0v) is 14.0. The van der Waals surface area contributed by atoms with Gasteiger partial charge in [-0.15, -0.1) is 0 Å². The molecule has 0 aliphatic rings. The predicted molar refractivity (Wildman–Crippen MR) is 81.7 cm³/mol. The van der Waals surface area contributed by atoms with Crippen molar-refractivity contribution in [3.8, 4) is 0 Å². The predicted octanol–water partition coefficient (Wildman–Crippen LogP) is 3.18. The smallest absolute Gasteiger partial charge is 0.208 e. The lowest BCUT2D eigenvalue weighted by atomic mass is 10.2. The normalized spacial score (nSPS) is 13.6. The molecule has 1 unspecified atom stereocenters. The van der Waals surface area contributed by atoms with Crippen LogP contribution in [0.4, 0.5) is 0 Å². The van der Waals surface area contributed by atoms with Crippen molar-refractivity contribution in [1.82, 2.24) is 4.72 Å². The summed E-state index contributed by atoms with van der Waals surface area (Å²) in [5.74, 6) is 0.946. The van der Waals surface area contributed by atoms with Gasteiger partial charge in [0.15, 0.2) is 0 Å². The summed E-state index contributed by atoms with van der Waals surface area (Å²) in [6, 6.07) is 5.22. The molecule has 1 rings (SSSR count).